The average molecular weight is 300 g/mol. The van der Waals surface area contributed by atoms with E-state index in [0.29, 0.717) is 12.5 Å². The van der Waals surface area contributed by atoms with Crippen LogP contribution < -0.4 is 0 Å². The fourth-order valence-electron chi connectivity index (χ4n) is 2.72. The van der Waals surface area contributed by atoms with Crippen LogP contribution in [0.4, 0.5) is 0 Å². The number of aromatic nitrogens is 4. The topological polar surface area (TPSA) is 80.9 Å². The molecular weight excluding hydrogens is 280 g/mol. The lowest BCUT2D eigenvalue weighted by molar-refractivity contribution is -0.137. The molecule has 1 N–H and O–H groups in total. The Kier molecular flexibility index (Phi) is 4.18. The molecule has 2 heterocycles. The van der Waals surface area contributed by atoms with Crippen molar-refractivity contribution >= 4 is 5.97 Å². The van der Waals surface area contributed by atoms with Crippen LogP contribution in [0.5, 0.6) is 0 Å². The Morgan fingerprint density at radius 3 is 2.73 bits per heavy atom. The smallest absolute Gasteiger partial charge is 0.303 e. The molecule has 6 heteroatoms. The second-order valence-corrected chi connectivity index (χ2v) is 5.91. The summed E-state index contributed by atoms with van der Waals surface area (Å²) in [4.78, 5) is 14.7. The molecule has 1 saturated carbocycles. The molecule has 0 radical (unpaired) electrons. The average Bonchev–Trinajstić information content (AvgIpc) is 3.25. The highest BCUT2D eigenvalue weighted by molar-refractivity contribution is 5.66. The quantitative estimate of drug-likeness (QED) is 0.850. The molecule has 0 spiro atoms. The zero-order chi connectivity index (χ0) is 15.5. The lowest BCUT2D eigenvalue weighted by atomic mass is 10.0. The number of carbonyl (C=O) groups is 1. The van der Waals surface area contributed by atoms with E-state index in [1.807, 2.05) is 12.1 Å². The molecule has 0 bridgehead atoms. The molecule has 1 fully saturated rings. The summed E-state index contributed by atoms with van der Waals surface area (Å²) in [6, 6.07) is 4.37. The van der Waals surface area contributed by atoms with Gasteiger partial charge in [0.1, 0.15) is 5.82 Å². The molecule has 1 atom stereocenters. The minimum atomic E-state index is -0.742. The van der Waals surface area contributed by atoms with Crippen molar-refractivity contribution in [1.29, 1.82) is 0 Å². The number of carboxylic acids is 1. The standard InChI is InChI=1S/C16H20N4O2/c1-11(3-2-4-14(21)22)15-18-19-16(20(15)13-5-6-13)12-7-9-17-10-8-12/h7-11,13H,2-6H2,1H3,(H,21,22). The minimum Gasteiger partial charge on any atom is -0.481 e. The number of rotatable bonds is 7. The summed E-state index contributed by atoms with van der Waals surface area (Å²) in [6.45, 7) is 2.10. The first-order valence-corrected chi connectivity index (χ1v) is 7.74. The molecule has 0 amide bonds. The summed E-state index contributed by atoms with van der Waals surface area (Å²) in [5.74, 6) is 1.33. The normalized spacial score (nSPS) is 15.7. The first-order valence-electron chi connectivity index (χ1n) is 7.74. The van der Waals surface area contributed by atoms with Gasteiger partial charge >= 0.3 is 5.97 Å². The fourth-order valence-corrected chi connectivity index (χ4v) is 2.72. The number of aliphatic carboxylic acids is 1. The first kappa shape index (κ1) is 14.7. The third-order valence-electron chi connectivity index (χ3n) is 4.04. The highest BCUT2D eigenvalue weighted by Gasteiger charge is 2.31. The molecule has 2 aromatic rings. The van der Waals surface area contributed by atoms with E-state index in [9.17, 15) is 4.79 Å². The van der Waals surface area contributed by atoms with Crippen molar-refractivity contribution in [3.05, 3.63) is 30.4 Å². The highest BCUT2D eigenvalue weighted by atomic mass is 16.4. The van der Waals surface area contributed by atoms with Crippen molar-refractivity contribution in [2.24, 2.45) is 0 Å². The monoisotopic (exact) mass is 300 g/mol. The van der Waals surface area contributed by atoms with Crippen molar-refractivity contribution < 1.29 is 9.90 Å². The Bertz CT molecular complexity index is 649. The van der Waals surface area contributed by atoms with Crippen LogP contribution in [0, 0.1) is 0 Å². The van der Waals surface area contributed by atoms with Crippen molar-refractivity contribution in [3.63, 3.8) is 0 Å². The van der Waals surface area contributed by atoms with Gasteiger partial charge < -0.3 is 9.67 Å². The van der Waals surface area contributed by atoms with Gasteiger partial charge in [-0.15, -0.1) is 10.2 Å². The summed E-state index contributed by atoms with van der Waals surface area (Å²) >= 11 is 0. The van der Waals surface area contributed by atoms with Crippen molar-refractivity contribution in [2.75, 3.05) is 0 Å². The summed E-state index contributed by atoms with van der Waals surface area (Å²) in [5.41, 5.74) is 1.03. The zero-order valence-electron chi connectivity index (χ0n) is 12.6. The highest BCUT2D eigenvalue weighted by Crippen LogP contribution is 2.40. The van der Waals surface area contributed by atoms with E-state index in [0.717, 1.165) is 36.5 Å². The van der Waals surface area contributed by atoms with Crippen LogP contribution in [0.25, 0.3) is 11.4 Å². The molecule has 1 unspecified atom stereocenters. The maximum absolute atomic E-state index is 10.7. The lowest BCUT2D eigenvalue weighted by Gasteiger charge is -2.14. The maximum Gasteiger partial charge on any atom is 0.303 e. The van der Waals surface area contributed by atoms with Gasteiger partial charge in [-0.3, -0.25) is 9.78 Å². The summed E-state index contributed by atoms with van der Waals surface area (Å²) in [5, 5.41) is 17.5. The SMILES string of the molecule is CC(CCCC(=O)O)c1nnc(-c2ccncc2)n1C1CC1. The number of hydrogen-bond donors (Lipinski definition) is 1. The predicted molar refractivity (Wildman–Crippen MR) is 81.4 cm³/mol. The molecule has 0 saturated heterocycles. The van der Waals surface area contributed by atoms with E-state index >= 15 is 0 Å². The molecule has 116 valence electrons. The van der Waals surface area contributed by atoms with Gasteiger partial charge in [0.05, 0.1) is 0 Å². The number of carboxylic acid groups (broad SMARTS) is 1. The van der Waals surface area contributed by atoms with Gasteiger partial charge in [0.15, 0.2) is 5.82 Å². The lowest BCUT2D eigenvalue weighted by Crippen LogP contribution is -2.08. The van der Waals surface area contributed by atoms with Crippen molar-refractivity contribution in [3.8, 4) is 11.4 Å². The van der Waals surface area contributed by atoms with Gasteiger partial charge in [0.2, 0.25) is 0 Å². The largest absolute Gasteiger partial charge is 0.481 e. The summed E-state index contributed by atoms with van der Waals surface area (Å²) < 4.78 is 2.24. The van der Waals surface area contributed by atoms with Gasteiger partial charge in [-0.05, 0) is 37.8 Å². The van der Waals surface area contributed by atoms with E-state index in [4.69, 9.17) is 5.11 Å². The minimum absolute atomic E-state index is 0.207. The Morgan fingerprint density at radius 2 is 2.09 bits per heavy atom. The van der Waals surface area contributed by atoms with Crippen LogP contribution in [0.15, 0.2) is 24.5 Å². The van der Waals surface area contributed by atoms with E-state index in [1.54, 1.807) is 12.4 Å². The maximum atomic E-state index is 10.7. The molecule has 22 heavy (non-hydrogen) atoms. The van der Waals surface area contributed by atoms with Crippen LogP contribution in [0.3, 0.4) is 0 Å². The Morgan fingerprint density at radius 1 is 1.36 bits per heavy atom. The van der Waals surface area contributed by atoms with Crippen LogP contribution in [0.2, 0.25) is 0 Å². The van der Waals surface area contributed by atoms with Crippen LogP contribution in [0.1, 0.15) is 56.8 Å². The molecule has 3 rings (SSSR count). The second kappa shape index (κ2) is 6.25. The van der Waals surface area contributed by atoms with Gasteiger partial charge in [0.25, 0.3) is 0 Å². The predicted octanol–water partition coefficient (Wildman–Crippen LogP) is 3.03. The summed E-state index contributed by atoms with van der Waals surface area (Å²) in [7, 11) is 0. The Hall–Kier alpha value is -2.24. The van der Waals surface area contributed by atoms with Crippen molar-refractivity contribution in [2.45, 2.75) is 51.0 Å². The molecule has 6 nitrogen and oxygen atoms in total. The molecule has 1 aliphatic carbocycles. The van der Waals surface area contributed by atoms with Crippen LogP contribution in [-0.2, 0) is 4.79 Å². The Labute approximate surface area is 129 Å². The van der Waals surface area contributed by atoms with Crippen molar-refractivity contribution in [1.82, 2.24) is 19.7 Å². The van der Waals surface area contributed by atoms with Gasteiger partial charge in [-0.25, -0.2) is 0 Å². The summed E-state index contributed by atoms with van der Waals surface area (Å²) in [6.07, 6.45) is 7.52. The number of hydrogen-bond acceptors (Lipinski definition) is 4. The van der Waals surface area contributed by atoms with Crippen LogP contribution in [-0.4, -0.2) is 30.8 Å². The molecule has 0 aliphatic heterocycles. The van der Waals surface area contributed by atoms with Crippen LogP contribution >= 0.6 is 0 Å². The molecule has 2 aromatic heterocycles. The fraction of sp³-hybridized carbons (Fsp3) is 0.500. The number of nitrogens with zero attached hydrogens (tertiary/aromatic N) is 4. The van der Waals surface area contributed by atoms with E-state index in [2.05, 4.69) is 26.7 Å². The second-order valence-electron chi connectivity index (χ2n) is 5.91. The van der Waals surface area contributed by atoms with E-state index < -0.39 is 5.97 Å². The number of pyridine rings is 1. The third-order valence-corrected chi connectivity index (χ3v) is 4.04. The zero-order valence-corrected chi connectivity index (χ0v) is 12.6. The molecule has 0 aromatic carbocycles. The first-order chi connectivity index (χ1) is 10.7. The van der Waals surface area contributed by atoms with Gasteiger partial charge in [0, 0.05) is 36.3 Å². The van der Waals surface area contributed by atoms with Gasteiger partial charge in [-0.2, -0.15) is 0 Å². The molecular formula is C16H20N4O2. The molecule has 1 aliphatic rings. The van der Waals surface area contributed by atoms with Gasteiger partial charge in [-0.1, -0.05) is 6.92 Å². The third kappa shape index (κ3) is 3.16. The van der Waals surface area contributed by atoms with E-state index in [1.165, 1.54) is 0 Å². The van der Waals surface area contributed by atoms with E-state index in [-0.39, 0.29) is 12.3 Å². The Balaban J connectivity index is 1.83.